The van der Waals surface area contributed by atoms with Crippen molar-refractivity contribution < 1.29 is 5.11 Å². The van der Waals surface area contributed by atoms with Crippen molar-refractivity contribution >= 4 is 0 Å². The third kappa shape index (κ3) is 3.12. The summed E-state index contributed by atoms with van der Waals surface area (Å²) in [4.78, 5) is 2.38. The molecular weight excluding hydrogens is 222 g/mol. The van der Waals surface area contributed by atoms with Crippen LogP contribution in [0, 0.1) is 5.41 Å². The summed E-state index contributed by atoms with van der Waals surface area (Å²) in [5.74, 6) is 0.548. The Bertz CT molecular complexity index is 353. The minimum Gasteiger partial charge on any atom is -0.396 e. The number of likely N-dealkylation sites (N-methyl/N-ethyl adjacent to an activating group) is 1. The van der Waals surface area contributed by atoms with Crippen LogP contribution < -0.4 is 0 Å². The van der Waals surface area contributed by atoms with E-state index < -0.39 is 0 Å². The first kappa shape index (κ1) is 13.6. The topological polar surface area (TPSA) is 23.5 Å². The third-order valence-electron chi connectivity index (χ3n) is 4.31. The molecule has 1 aliphatic rings. The molecule has 0 spiro atoms. The van der Waals surface area contributed by atoms with E-state index in [0.717, 1.165) is 13.1 Å². The summed E-state index contributed by atoms with van der Waals surface area (Å²) in [6.45, 7) is 4.71. The van der Waals surface area contributed by atoms with Crippen LogP contribution in [0.25, 0.3) is 0 Å². The summed E-state index contributed by atoms with van der Waals surface area (Å²) in [6, 6.07) is 10.7. The molecular formula is C16H25NO. The quantitative estimate of drug-likeness (QED) is 0.835. The standard InChI is InChI=1S/C16H25NO/c1-14(15-7-4-3-5-8-15)11-17(2)12-16(13-18)9-6-10-16/h3-5,7-8,14,18H,6,9-13H2,1-2H3. The number of aliphatic hydroxyl groups excluding tert-OH is 1. The van der Waals surface area contributed by atoms with E-state index in [1.165, 1.54) is 24.8 Å². The summed E-state index contributed by atoms with van der Waals surface area (Å²) in [5.41, 5.74) is 1.60. The maximum Gasteiger partial charge on any atom is 0.0499 e. The molecule has 2 rings (SSSR count). The molecule has 2 heteroatoms. The highest BCUT2D eigenvalue weighted by molar-refractivity contribution is 5.19. The number of rotatable bonds is 6. The lowest BCUT2D eigenvalue weighted by Gasteiger charge is -2.43. The predicted molar refractivity (Wildman–Crippen MR) is 75.7 cm³/mol. The van der Waals surface area contributed by atoms with E-state index >= 15 is 0 Å². The third-order valence-corrected chi connectivity index (χ3v) is 4.31. The van der Waals surface area contributed by atoms with Gasteiger partial charge in [0.15, 0.2) is 0 Å². The van der Waals surface area contributed by atoms with Crippen LogP contribution in [0.1, 0.15) is 37.7 Å². The fraction of sp³-hybridized carbons (Fsp3) is 0.625. The number of nitrogens with zero attached hydrogens (tertiary/aromatic N) is 1. The zero-order chi connectivity index (χ0) is 13.0. The van der Waals surface area contributed by atoms with Crippen molar-refractivity contribution in [1.29, 1.82) is 0 Å². The molecule has 1 aliphatic carbocycles. The van der Waals surface area contributed by atoms with Crippen LogP contribution in [0.4, 0.5) is 0 Å². The van der Waals surface area contributed by atoms with Crippen molar-refractivity contribution in [3.63, 3.8) is 0 Å². The summed E-state index contributed by atoms with van der Waals surface area (Å²) in [6.07, 6.45) is 3.66. The Balaban J connectivity index is 1.85. The van der Waals surface area contributed by atoms with Gasteiger partial charge in [-0.2, -0.15) is 0 Å². The highest BCUT2D eigenvalue weighted by Crippen LogP contribution is 2.41. The van der Waals surface area contributed by atoms with Crippen molar-refractivity contribution in [3.05, 3.63) is 35.9 Å². The van der Waals surface area contributed by atoms with E-state index in [2.05, 4.69) is 49.2 Å². The molecule has 0 radical (unpaired) electrons. The molecule has 1 saturated carbocycles. The SMILES string of the molecule is CC(CN(C)CC1(CO)CCC1)c1ccccc1. The molecule has 1 N–H and O–H groups in total. The summed E-state index contributed by atoms with van der Waals surface area (Å²) >= 11 is 0. The first-order valence-corrected chi connectivity index (χ1v) is 7.00. The fourth-order valence-electron chi connectivity index (χ4n) is 3.03. The Labute approximate surface area is 111 Å². The summed E-state index contributed by atoms with van der Waals surface area (Å²) < 4.78 is 0. The minimum atomic E-state index is 0.200. The van der Waals surface area contributed by atoms with Crippen LogP contribution >= 0.6 is 0 Å². The monoisotopic (exact) mass is 247 g/mol. The Hall–Kier alpha value is -0.860. The molecule has 2 nitrogen and oxygen atoms in total. The van der Waals surface area contributed by atoms with E-state index in [0.29, 0.717) is 12.5 Å². The second-order valence-electron chi connectivity index (χ2n) is 6.02. The second kappa shape index (κ2) is 5.85. The van der Waals surface area contributed by atoms with Gasteiger partial charge in [0.2, 0.25) is 0 Å². The predicted octanol–water partition coefficient (Wildman–Crippen LogP) is 2.88. The number of hydrogen-bond acceptors (Lipinski definition) is 2. The molecule has 0 saturated heterocycles. The molecule has 0 bridgehead atoms. The molecule has 0 aliphatic heterocycles. The fourth-order valence-corrected chi connectivity index (χ4v) is 3.03. The molecule has 1 atom stereocenters. The normalized spacial score (nSPS) is 19.6. The van der Waals surface area contributed by atoms with Crippen molar-refractivity contribution in [1.82, 2.24) is 4.90 Å². The molecule has 18 heavy (non-hydrogen) atoms. The molecule has 1 aromatic rings. The van der Waals surface area contributed by atoms with Gasteiger partial charge in [-0.3, -0.25) is 0 Å². The molecule has 0 heterocycles. The van der Waals surface area contributed by atoms with Crippen LogP contribution in [-0.4, -0.2) is 36.8 Å². The first-order chi connectivity index (χ1) is 8.65. The van der Waals surface area contributed by atoms with Gasteiger partial charge in [-0.1, -0.05) is 43.7 Å². The smallest absolute Gasteiger partial charge is 0.0499 e. The van der Waals surface area contributed by atoms with Crippen LogP contribution in [0.3, 0.4) is 0 Å². The van der Waals surface area contributed by atoms with Crippen LogP contribution in [0.15, 0.2) is 30.3 Å². The highest BCUT2D eigenvalue weighted by Gasteiger charge is 2.37. The Morgan fingerprint density at radius 3 is 2.44 bits per heavy atom. The first-order valence-electron chi connectivity index (χ1n) is 7.00. The molecule has 0 aromatic heterocycles. The maximum absolute atomic E-state index is 9.51. The van der Waals surface area contributed by atoms with Crippen LogP contribution in [0.2, 0.25) is 0 Å². The van der Waals surface area contributed by atoms with Gasteiger partial charge >= 0.3 is 0 Å². The average molecular weight is 247 g/mol. The zero-order valence-electron chi connectivity index (χ0n) is 11.6. The van der Waals surface area contributed by atoms with Gasteiger partial charge in [-0.25, -0.2) is 0 Å². The van der Waals surface area contributed by atoms with Gasteiger partial charge in [0.05, 0.1) is 0 Å². The number of benzene rings is 1. The molecule has 1 aromatic carbocycles. The maximum atomic E-state index is 9.51. The highest BCUT2D eigenvalue weighted by atomic mass is 16.3. The summed E-state index contributed by atoms with van der Waals surface area (Å²) in [7, 11) is 2.18. The Morgan fingerprint density at radius 1 is 1.28 bits per heavy atom. The van der Waals surface area contributed by atoms with Crippen molar-refractivity contribution in [3.8, 4) is 0 Å². The second-order valence-corrected chi connectivity index (χ2v) is 6.02. The van der Waals surface area contributed by atoms with E-state index in [9.17, 15) is 5.11 Å². The molecule has 1 fully saturated rings. The van der Waals surface area contributed by atoms with E-state index in [4.69, 9.17) is 0 Å². The van der Waals surface area contributed by atoms with Crippen molar-refractivity contribution in [2.75, 3.05) is 26.7 Å². The van der Waals surface area contributed by atoms with E-state index in [1.54, 1.807) is 0 Å². The average Bonchev–Trinajstić information content (AvgIpc) is 2.35. The van der Waals surface area contributed by atoms with Crippen LogP contribution in [0.5, 0.6) is 0 Å². The van der Waals surface area contributed by atoms with Gasteiger partial charge in [0.1, 0.15) is 0 Å². The van der Waals surface area contributed by atoms with E-state index in [1.807, 2.05) is 0 Å². The lowest BCUT2D eigenvalue weighted by atomic mass is 9.69. The number of aliphatic hydroxyl groups is 1. The molecule has 100 valence electrons. The summed E-state index contributed by atoms with van der Waals surface area (Å²) in [5, 5.41) is 9.51. The Kier molecular flexibility index (Phi) is 4.41. The van der Waals surface area contributed by atoms with Gasteiger partial charge in [-0.15, -0.1) is 0 Å². The van der Waals surface area contributed by atoms with Crippen LogP contribution in [-0.2, 0) is 0 Å². The Morgan fingerprint density at radius 2 is 1.94 bits per heavy atom. The van der Waals surface area contributed by atoms with Gasteiger partial charge in [-0.05, 0) is 31.4 Å². The molecule has 0 amide bonds. The van der Waals surface area contributed by atoms with Crippen molar-refractivity contribution in [2.24, 2.45) is 5.41 Å². The largest absolute Gasteiger partial charge is 0.396 e. The van der Waals surface area contributed by atoms with Gasteiger partial charge in [0, 0.05) is 25.1 Å². The van der Waals surface area contributed by atoms with Crippen molar-refractivity contribution in [2.45, 2.75) is 32.1 Å². The minimum absolute atomic E-state index is 0.200. The number of hydrogen-bond donors (Lipinski definition) is 1. The van der Waals surface area contributed by atoms with E-state index in [-0.39, 0.29) is 5.41 Å². The zero-order valence-corrected chi connectivity index (χ0v) is 11.6. The lowest BCUT2D eigenvalue weighted by Crippen LogP contribution is -2.44. The molecule has 1 unspecified atom stereocenters. The van der Waals surface area contributed by atoms with Gasteiger partial charge in [0.25, 0.3) is 0 Å². The van der Waals surface area contributed by atoms with Gasteiger partial charge < -0.3 is 10.0 Å². The lowest BCUT2D eigenvalue weighted by molar-refractivity contribution is 0.0136.